The fourth-order valence-corrected chi connectivity index (χ4v) is 2.34. The van der Waals surface area contributed by atoms with Crippen molar-refractivity contribution in [3.05, 3.63) is 29.8 Å². The number of nitrogens with two attached hydrogens (primary N) is 1. The summed E-state index contributed by atoms with van der Waals surface area (Å²) in [6.45, 7) is 5.88. The van der Waals surface area contributed by atoms with Crippen molar-refractivity contribution in [2.75, 3.05) is 18.9 Å². The topological polar surface area (TPSA) is 55.6 Å². The van der Waals surface area contributed by atoms with Crippen LogP contribution in [0.25, 0.3) is 0 Å². The molecule has 1 aliphatic heterocycles. The van der Waals surface area contributed by atoms with Crippen molar-refractivity contribution in [1.82, 2.24) is 4.90 Å². The van der Waals surface area contributed by atoms with E-state index in [1.54, 1.807) is 0 Å². The van der Waals surface area contributed by atoms with Crippen molar-refractivity contribution in [3.63, 3.8) is 0 Å². The van der Waals surface area contributed by atoms with E-state index in [4.69, 9.17) is 10.5 Å². The van der Waals surface area contributed by atoms with E-state index in [9.17, 15) is 4.79 Å². The number of benzene rings is 1. The average molecular weight is 262 g/mol. The number of amides is 1. The number of ether oxygens (including phenoxy) is 1. The molecule has 2 N–H and O–H groups in total. The molecular formula is C15H22N2O2. The number of para-hydroxylation sites is 1. The first-order chi connectivity index (χ1) is 9.09. The molecule has 1 saturated heterocycles. The molecule has 1 fully saturated rings. The van der Waals surface area contributed by atoms with E-state index in [2.05, 4.69) is 0 Å². The largest absolute Gasteiger partial charge is 0.398 e. The van der Waals surface area contributed by atoms with Gasteiger partial charge in [-0.05, 0) is 31.9 Å². The van der Waals surface area contributed by atoms with E-state index < -0.39 is 0 Å². The molecule has 1 aliphatic rings. The van der Waals surface area contributed by atoms with Crippen LogP contribution in [-0.2, 0) is 16.1 Å². The highest BCUT2D eigenvalue weighted by atomic mass is 16.5. The fourth-order valence-electron chi connectivity index (χ4n) is 2.34. The maximum absolute atomic E-state index is 12.5. The third-order valence-electron chi connectivity index (χ3n) is 3.58. The summed E-state index contributed by atoms with van der Waals surface area (Å²) < 4.78 is 5.31. The molecule has 0 spiro atoms. The molecule has 2 rings (SSSR count). The number of carbonyl (C=O) groups is 1. The number of nitrogens with zero attached hydrogens (tertiary/aromatic N) is 1. The number of hydrogen-bond acceptors (Lipinski definition) is 3. The molecule has 1 aromatic rings. The number of rotatable bonds is 4. The van der Waals surface area contributed by atoms with Crippen molar-refractivity contribution in [3.8, 4) is 0 Å². The zero-order valence-corrected chi connectivity index (χ0v) is 11.6. The first-order valence-corrected chi connectivity index (χ1v) is 6.81. The lowest BCUT2D eigenvalue weighted by molar-refractivity contribution is -0.137. The summed E-state index contributed by atoms with van der Waals surface area (Å²) in [7, 11) is 0. The second kappa shape index (κ2) is 6.06. The average Bonchev–Trinajstić information content (AvgIpc) is 2.90. The zero-order valence-electron chi connectivity index (χ0n) is 11.6. The summed E-state index contributed by atoms with van der Waals surface area (Å²) >= 11 is 0. The lowest BCUT2D eigenvalue weighted by Gasteiger charge is -2.29. The van der Waals surface area contributed by atoms with Crippen LogP contribution in [0, 0.1) is 5.92 Å². The zero-order chi connectivity index (χ0) is 13.8. The highest BCUT2D eigenvalue weighted by Gasteiger charge is 2.29. The Kier molecular flexibility index (Phi) is 4.43. The van der Waals surface area contributed by atoms with E-state index >= 15 is 0 Å². The summed E-state index contributed by atoms with van der Waals surface area (Å²) in [6, 6.07) is 7.87. The molecule has 1 unspecified atom stereocenters. The van der Waals surface area contributed by atoms with Gasteiger partial charge in [0.05, 0.1) is 12.5 Å². The van der Waals surface area contributed by atoms with Crippen molar-refractivity contribution in [2.45, 2.75) is 32.9 Å². The Morgan fingerprint density at radius 1 is 1.47 bits per heavy atom. The molecule has 1 amide bonds. The highest BCUT2D eigenvalue weighted by Crippen LogP contribution is 2.21. The summed E-state index contributed by atoms with van der Waals surface area (Å²) in [5, 5.41) is 0. The van der Waals surface area contributed by atoms with Crippen LogP contribution in [0.2, 0.25) is 0 Å². The molecule has 4 nitrogen and oxygen atoms in total. The van der Waals surface area contributed by atoms with Crippen LogP contribution in [0.15, 0.2) is 24.3 Å². The van der Waals surface area contributed by atoms with Crippen molar-refractivity contribution < 1.29 is 9.53 Å². The van der Waals surface area contributed by atoms with Gasteiger partial charge in [-0.1, -0.05) is 18.2 Å². The number of nitrogen functional groups attached to an aromatic ring is 1. The first kappa shape index (κ1) is 13.9. The second-order valence-corrected chi connectivity index (χ2v) is 5.32. The first-order valence-electron chi connectivity index (χ1n) is 6.81. The molecule has 0 aromatic heterocycles. The van der Waals surface area contributed by atoms with Gasteiger partial charge >= 0.3 is 0 Å². The molecular weight excluding hydrogens is 240 g/mol. The standard InChI is InChI=1S/C15H22N2O2/c1-11(2)17(15(18)13-7-8-19-10-13)9-12-5-3-4-6-14(12)16/h3-6,11,13H,7-10,16H2,1-2H3. The Hall–Kier alpha value is -1.55. The molecule has 1 aromatic carbocycles. The number of carbonyl (C=O) groups excluding carboxylic acids is 1. The minimum atomic E-state index is 0.00679. The molecule has 0 radical (unpaired) electrons. The smallest absolute Gasteiger partial charge is 0.228 e. The van der Waals surface area contributed by atoms with E-state index in [0.29, 0.717) is 19.8 Å². The SMILES string of the molecule is CC(C)N(Cc1ccccc1N)C(=O)C1CCOC1. The van der Waals surface area contributed by atoms with Crippen LogP contribution in [0.3, 0.4) is 0 Å². The third-order valence-corrected chi connectivity index (χ3v) is 3.58. The van der Waals surface area contributed by atoms with Gasteiger partial charge in [0.1, 0.15) is 0 Å². The summed E-state index contributed by atoms with van der Waals surface area (Å²) in [5.74, 6) is 0.183. The molecule has 4 heteroatoms. The monoisotopic (exact) mass is 262 g/mol. The van der Waals surface area contributed by atoms with Gasteiger partial charge in [-0.15, -0.1) is 0 Å². The van der Waals surface area contributed by atoms with E-state index in [1.165, 1.54) is 0 Å². The quantitative estimate of drug-likeness (QED) is 0.845. The Bertz CT molecular complexity index is 440. The lowest BCUT2D eigenvalue weighted by atomic mass is 10.1. The maximum atomic E-state index is 12.5. The predicted octanol–water partition coefficient (Wildman–Crippen LogP) is 2.04. The Balaban J connectivity index is 2.12. The molecule has 0 aliphatic carbocycles. The van der Waals surface area contributed by atoms with Gasteiger partial charge in [-0.2, -0.15) is 0 Å². The number of hydrogen-bond donors (Lipinski definition) is 1. The maximum Gasteiger partial charge on any atom is 0.228 e. The molecule has 1 heterocycles. The lowest BCUT2D eigenvalue weighted by Crippen LogP contribution is -2.40. The minimum absolute atomic E-state index is 0.00679. The van der Waals surface area contributed by atoms with Gasteiger partial charge in [0.15, 0.2) is 0 Å². The predicted molar refractivity (Wildman–Crippen MR) is 75.5 cm³/mol. The van der Waals surface area contributed by atoms with Crippen LogP contribution >= 0.6 is 0 Å². The van der Waals surface area contributed by atoms with Gasteiger partial charge in [0.2, 0.25) is 5.91 Å². The van der Waals surface area contributed by atoms with Gasteiger partial charge in [0, 0.05) is 24.9 Å². The number of anilines is 1. The van der Waals surface area contributed by atoms with Crippen molar-refractivity contribution >= 4 is 11.6 Å². The summed E-state index contributed by atoms with van der Waals surface area (Å²) in [5.41, 5.74) is 7.70. The molecule has 1 atom stereocenters. The normalized spacial score (nSPS) is 18.8. The molecule has 0 bridgehead atoms. The summed E-state index contributed by atoms with van der Waals surface area (Å²) in [4.78, 5) is 14.4. The minimum Gasteiger partial charge on any atom is -0.398 e. The second-order valence-electron chi connectivity index (χ2n) is 5.32. The third kappa shape index (κ3) is 3.26. The fraction of sp³-hybridized carbons (Fsp3) is 0.533. The van der Waals surface area contributed by atoms with E-state index in [1.807, 2.05) is 43.0 Å². The van der Waals surface area contributed by atoms with Crippen molar-refractivity contribution in [2.24, 2.45) is 5.92 Å². The van der Waals surface area contributed by atoms with Gasteiger partial charge in [-0.25, -0.2) is 0 Å². The van der Waals surface area contributed by atoms with Crippen LogP contribution in [0.1, 0.15) is 25.8 Å². The highest BCUT2D eigenvalue weighted by molar-refractivity contribution is 5.79. The van der Waals surface area contributed by atoms with Crippen LogP contribution in [-0.4, -0.2) is 30.1 Å². The van der Waals surface area contributed by atoms with Crippen LogP contribution in [0.5, 0.6) is 0 Å². The van der Waals surface area contributed by atoms with E-state index in [0.717, 1.165) is 17.7 Å². The molecule has 19 heavy (non-hydrogen) atoms. The Labute approximate surface area is 114 Å². The molecule has 104 valence electrons. The summed E-state index contributed by atoms with van der Waals surface area (Å²) in [6.07, 6.45) is 0.826. The van der Waals surface area contributed by atoms with Crippen LogP contribution in [0.4, 0.5) is 5.69 Å². The van der Waals surface area contributed by atoms with Crippen LogP contribution < -0.4 is 5.73 Å². The molecule has 0 saturated carbocycles. The van der Waals surface area contributed by atoms with Gasteiger partial charge < -0.3 is 15.4 Å². The van der Waals surface area contributed by atoms with Crippen molar-refractivity contribution in [1.29, 1.82) is 0 Å². The van der Waals surface area contributed by atoms with Gasteiger partial charge in [0.25, 0.3) is 0 Å². The Morgan fingerprint density at radius 2 is 2.21 bits per heavy atom. The Morgan fingerprint density at radius 3 is 2.79 bits per heavy atom. The van der Waals surface area contributed by atoms with Gasteiger partial charge in [-0.3, -0.25) is 4.79 Å². The van der Waals surface area contributed by atoms with E-state index in [-0.39, 0.29) is 17.9 Å².